The van der Waals surface area contributed by atoms with Crippen molar-refractivity contribution in [3.05, 3.63) is 11.6 Å². The highest BCUT2D eigenvalue weighted by Crippen LogP contribution is 2.76. The maximum atomic E-state index is 13.1. The van der Waals surface area contributed by atoms with Crippen LogP contribution >= 0.6 is 0 Å². The van der Waals surface area contributed by atoms with E-state index in [9.17, 15) is 60.7 Å². The van der Waals surface area contributed by atoms with E-state index >= 15 is 0 Å². The third-order valence-electron chi connectivity index (χ3n) is 19.3. The van der Waals surface area contributed by atoms with Gasteiger partial charge in [-0.15, -0.1) is 0 Å². The average Bonchev–Trinajstić information content (AvgIpc) is 3.24. The van der Waals surface area contributed by atoms with E-state index in [1.165, 1.54) is 12.5 Å². The number of allylic oxidation sites excluding steroid dienone is 2. The Bertz CT molecular complexity index is 1860. The van der Waals surface area contributed by atoms with Crippen LogP contribution in [0.5, 0.6) is 0 Å². The largest absolute Gasteiger partial charge is 0.481 e. The van der Waals surface area contributed by atoms with Crippen molar-refractivity contribution in [1.29, 1.82) is 0 Å². The number of hydrogen-bond donors (Lipinski definition) is 10. The molecule has 3 aliphatic heterocycles. The summed E-state index contributed by atoms with van der Waals surface area (Å²) in [6.07, 6.45) is -16.0. The van der Waals surface area contributed by atoms with Crippen molar-refractivity contribution in [2.24, 2.45) is 50.2 Å². The van der Waals surface area contributed by atoms with Crippen molar-refractivity contribution in [3.63, 3.8) is 0 Å². The topological polar surface area (TPSA) is 292 Å². The van der Waals surface area contributed by atoms with Crippen molar-refractivity contribution >= 4 is 11.9 Å². The third kappa shape index (κ3) is 7.74. The molecule has 8 rings (SSSR count). The Morgan fingerprint density at radius 3 is 1.97 bits per heavy atom. The predicted octanol–water partition coefficient (Wildman–Crippen LogP) is 1.83. The van der Waals surface area contributed by atoms with Gasteiger partial charge in [-0.2, -0.15) is 0 Å². The van der Waals surface area contributed by atoms with Gasteiger partial charge < -0.3 is 79.5 Å². The average molecular weight is 941 g/mol. The molecule has 376 valence electrons. The standard InChI is InChI=1S/C48H76O18/c1-21-28(50)30(52)33(55)39(61-21)64-35-29(51)24(20-49)62-40(34(35)56)66-37-32(54)31(53)36(38(57)58)65-41(37)63-27-12-13-45(6)25(44(27,4)5)11-14-47(8)26(45)10-9-22-23-19-43(2,3)15-17-48(23,42(59)60)18-16-46(22,47)7/h9,21,23-37,39-41,49-56H,10-20H2,1-8H3,(H,57,58)(H,59,60)/t21-,23+,24+,25-,26-,27-,28-,29+,30+,31-,32+,33-,34+,35-,36-,37+,39+,40-,41-,45+,46+,47-,48+/m1/s1. The highest BCUT2D eigenvalue weighted by Gasteiger charge is 2.70. The molecular formula is C48H76O18. The molecule has 7 fully saturated rings. The lowest BCUT2D eigenvalue weighted by atomic mass is 9.33. The maximum absolute atomic E-state index is 13.1. The zero-order valence-electron chi connectivity index (χ0n) is 39.6. The van der Waals surface area contributed by atoms with E-state index in [2.05, 4.69) is 54.5 Å². The molecule has 0 aromatic carbocycles. The first-order chi connectivity index (χ1) is 30.7. The van der Waals surface area contributed by atoms with Gasteiger partial charge in [0.15, 0.2) is 25.0 Å². The number of carboxylic acid groups (broad SMARTS) is 2. The first-order valence-corrected chi connectivity index (χ1v) is 24.2. The SMILES string of the molecule is C[C@H]1O[C@@H](O[C@H]2[C@H](O)[C@@H](O[C@@H]3[C@H](O[C@@H]4CC[C@@]5(C)[C@H](CC[C@]6(C)[C@@H]5CC=C5[C@@H]7CC(C)(C)CC[C@]7(C(=O)O)CC[C@@]56C)C4(C)C)O[C@@H](C(=O)O)[C@H](O)[C@@H]3O)O[C@@H](CO)[C@@H]2O)[C@H](O)[C@@H](O)[C@@H]1O. The monoisotopic (exact) mass is 941 g/mol. The Labute approximate surface area is 386 Å². The normalized spacial score (nSPS) is 53.3. The molecule has 66 heavy (non-hydrogen) atoms. The lowest BCUT2D eigenvalue weighted by Gasteiger charge is -2.71. The molecule has 0 bridgehead atoms. The van der Waals surface area contributed by atoms with Crippen LogP contribution in [-0.2, 0) is 38.0 Å². The Balaban J connectivity index is 1.04. The molecule has 18 heteroatoms. The van der Waals surface area contributed by atoms with Crippen molar-refractivity contribution in [2.75, 3.05) is 6.61 Å². The van der Waals surface area contributed by atoms with Gasteiger partial charge >= 0.3 is 11.9 Å². The third-order valence-corrected chi connectivity index (χ3v) is 19.3. The predicted molar refractivity (Wildman–Crippen MR) is 230 cm³/mol. The van der Waals surface area contributed by atoms with Crippen molar-refractivity contribution in [1.82, 2.24) is 0 Å². The summed E-state index contributed by atoms with van der Waals surface area (Å²) in [5.74, 6) is -1.86. The second-order valence-electron chi connectivity index (χ2n) is 23.5. The van der Waals surface area contributed by atoms with Gasteiger partial charge in [-0.3, -0.25) is 4.79 Å². The van der Waals surface area contributed by atoms with Crippen LogP contribution in [0.15, 0.2) is 11.6 Å². The molecule has 0 aromatic rings. The van der Waals surface area contributed by atoms with Crippen LogP contribution < -0.4 is 0 Å². The minimum absolute atomic E-state index is 0.0136. The number of rotatable bonds is 9. The molecule has 0 unspecified atom stereocenters. The number of carbonyl (C=O) groups is 2. The van der Waals surface area contributed by atoms with Gasteiger partial charge in [-0.25, -0.2) is 4.79 Å². The summed E-state index contributed by atoms with van der Waals surface area (Å²) in [6.45, 7) is 16.6. The van der Waals surface area contributed by atoms with Gasteiger partial charge in [0.25, 0.3) is 0 Å². The molecule has 4 saturated carbocycles. The molecule has 18 nitrogen and oxygen atoms in total. The molecule has 3 heterocycles. The Kier molecular flexibility index (Phi) is 13.4. The Hall–Kier alpha value is -1.88. The minimum Gasteiger partial charge on any atom is -0.481 e. The molecule has 8 aliphatic rings. The molecule has 3 saturated heterocycles. The van der Waals surface area contributed by atoms with Crippen LogP contribution in [0.3, 0.4) is 0 Å². The fourth-order valence-electron chi connectivity index (χ4n) is 15.1. The summed E-state index contributed by atoms with van der Waals surface area (Å²) in [5, 5.41) is 108. The van der Waals surface area contributed by atoms with E-state index in [0.717, 1.165) is 44.9 Å². The van der Waals surface area contributed by atoms with Gasteiger partial charge in [0.1, 0.15) is 61.0 Å². The summed E-state index contributed by atoms with van der Waals surface area (Å²) < 4.78 is 35.9. The van der Waals surface area contributed by atoms with Gasteiger partial charge in [-0.05, 0) is 116 Å². The number of ether oxygens (including phenoxy) is 6. The molecule has 0 radical (unpaired) electrons. The van der Waals surface area contributed by atoms with Crippen LogP contribution in [0, 0.1) is 50.2 Å². The number of carboxylic acids is 2. The van der Waals surface area contributed by atoms with Crippen LogP contribution in [-0.4, -0.2) is 168 Å². The van der Waals surface area contributed by atoms with Crippen molar-refractivity contribution < 1.29 is 89.1 Å². The highest BCUT2D eigenvalue weighted by atomic mass is 16.8. The van der Waals surface area contributed by atoms with E-state index in [0.29, 0.717) is 19.3 Å². The lowest BCUT2D eigenvalue weighted by molar-refractivity contribution is -0.388. The van der Waals surface area contributed by atoms with Crippen LogP contribution in [0.1, 0.15) is 120 Å². The first-order valence-electron chi connectivity index (χ1n) is 24.2. The first kappa shape index (κ1) is 50.5. The maximum Gasteiger partial charge on any atom is 0.335 e. The molecular weight excluding hydrogens is 865 g/mol. The van der Waals surface area contributed by atoms with Crippen molar-refractivity contribution in [2.45, 2.75) is 218 Å². The van der Waals surface area contributed by atoms with Gasteiger partial charge in [0, 0.05) is 0 Å². The smallest absolute Gasteiger partial charge is 0.335 e. The minimum atomic E-state index is -2.02. The number of aliphatic hydroxyl groups is 8. The summed E-state index contributed by atoms with van der Waals surface area (Å²) in [6, 6.07) is 0. The molecule has 5 aliphatic carbocycles. The summed E-state index contributed by atoms with van der Waals surface area (Å²) >= 11 is 0. The number of aliphatic carboxylic acids is 2. The summed E-state index contributed by atoms with van der Waals surface area (Å²) in [7, 11) is 0. The van der Waals surface area contributed by atoms with Gasteiger partial charge in [0.2, 0.25) is 0 Å². The zero-order chi connectivity index (χ0) is 48.4. The van der Waals surface area contributed by atoms with E-state index in [4.69, 9.17) is 28.4 Å². The summed E-state index contributed by atoms with van der Waals surface area (Å²) in [5.41, 5.74) is -0.383. The molecule has 0 amide bonds. The number of aliphatic hydroxyl groups excluding tert-OH is 8. The van der Waals surface area contributed by atoms with Crippen molar-refractivity contribution in [3.8, 4) is 0 Å². The zero-order valence-corrected chi connectivity index (χ0v) is 39.6. The van der Waals surface area contributed by atoms with E-state index in [1.807, 2.05) is 0 Å². The number of fused-ring (bicyclic) bond motifs is 7. The van der Waals surface area contributed by atoms with E-state index in [-0.39, 0.29) is 39.4 Å². The fraction of sp³-hybridized carbons (Fsp3) is 0.917. The highest BCUT2D eigenvalue weighted by molar-refractivity contribution is 5.76. The lowest BCUT2D eigenvalue weighted by Crippen LogP contribution is -2.68. The van der Waals surface area contributed by atoms with Crippen LogP contribution in [0.25, 0.3) is 0 Å². The molecule has 23 atom stereocenters. The Morgan fingerprint density at radius 1 is 0.667 bits per heavy atom. The fourth-order valence-corrected chi connectivity index (χ4v) is 15.1. The van der Waals surface area contributed by atoms with E-state index in [1.54, 1.807) is 0 Å². The quantitative estimate of drug-likeness (QED) is 0.117. The van der Waals surface area contributed by atoms with Crippen LogP contribution in [0.4, 0.5) is 0 Å². The van der Waals surface area contributed by atoms with E-state index < -0.39 is 128 Å². The van der Waals surface area contributed by atoms with Gasteiger partial charge in [0.05, 0.1) is 24.2 Å². The molecule has 0 aromatic heterocycles. The molecule has 10 N–H and O–H groups in total. The van der Waals surface area contributed by atoms with Gasteiger partial charge in [-0.1, -0.05) is 60.1 Å². The number of hydrogen-bond acceptors (Lipinski definition) is 16. The summed E-state index contributed by atoms with van der Waals surface area (Å²) in [4.78, 5) is 25.6. The molecule has 0 spiro atoms. The Morgan fingerprint density at radius 2 is 1.32 bits per heavy atom. The second-order valence-corrected chi connectivity index (χ2v) is 23.5. The second kappa shape index (κ2) is 17.5. The van der Waals surface area contributed by atoms with Crippen LogP contribution in [0.2, 0.25) is 0 Å².